The van der Waals surface area contributed by atoms with Crippen molar-refractivity contribution in [2.24, 2.45) is 0 Å². The number of piperidine rings is 1. The molecule has 29 heavy (non-hydrogen) atoms. The number of hydrogen-bond donors (Lipinski definition) is 1. The third-order valence-electron chi connectivity index (χ3n) is 5.87. The van der Waals surface area contributed by atoms with Crippen molar-refractivity contribution in [1.82, 2.24) is 4.90 Å². The van der Waals surface area contributed by atoms with Gasteiger partial charge < -0.3 is 15.4 Å². The molecule has 3 aromatic rings. The number of likely N-dealkylation sites (tertiary alicyclic amines) is 1. The molecule has 2 aliphatic rings. The third-order valence-corrected chi connectivity index (χ3v) is 7.16. The van der Waals surface area contributed by atoms with Crippen molar-refractivity contribution in [3.63, 3.8) is 0 Å². The predicted molar refractivity (Wildman–Crippen MR) is 115 cm³/mol. The lowest BCUT2D eigenvalue weighted by atomic mass is 9.82. The molecule has 0 bridgehead atoms. The molecule has 2 aromatic carbocycles. The fourth-order valence-corrected chi connectivity index (χ4v) is 5.49. The van der Waals surface area contributed by atoms with Gasteiger partial charge in [0.15, 0.2) is 5.78 Å². The molecule has 0 atom stereocenters. The van der Waals surface area contributed by atoms with Crippen molar-refractivity contribution < 1.29 is 14.3 Å². The van der Waals surface area contributed by atoms with Gasteiger partial charge in [0, 0.05) is 36.0 Å². The first-order valence-corrected chi connectivity index (χ1v) is 10.7. The second kappa shape index (κ2) is 6.75. The summed E-state index contributed by atoms with van der Waals surface area (Å²) < 4.78 is 7.27. The number of carbonyl (C=O) groups is 2. The zero-order chi connectivity index (χ0) is 20.2. The summed E-state index contributed by atoms with van der Waals surface area (Å²) in [6, 6.07) is 13.0. The van der Waals surface area contributed by atoms with E-state index in [0.29, 0.717) is 59.3 Å². The van der Waals surface area contributed by atoms with Crippen molar-refractivity contribution in [2.45, 2.75) is 24.9 Å². The van der Waals surface area contributed by atoms with Gasteiger partial charge in [0.25, 0.3) is 5.91 Å². The van der Waals surface area contributed by atoms with Crippen LogP contribution in [0.1, 0.15) is 40.0 Å². The van der Waals surface area contributed by atoms with Crippen molar-refractivity contribution >= 4 is 49.7 Å². The smallest absolute Gasteiger partial charge is 0.257 e. The van der Waals surface area contributed by atoms with Crippen molar-refractivity contribution in [3.8, 4) is 5.75 Å². The molecule has 5 nitrogen and oxygen atoms in total. The van der Waals surface area contributed by atoms with Gasteiger partial charge in [0.05, 0.1) is 27.6 Å². The fourth-order valence-electron chi connectivity index (χ4n) is 4.31. The maximum Gasteiger partial charge on any atom is 0.257 e. The largest absolute Gasteiger partial charge is 0.484 e. The minimum Gasteiger partial charge on any atom is -0.484 e. The zero-order valence-electron chi connectivity index (χ0n) is 15.6. The van der Waals surface area contributed by atoms with Crippen LogP contribution in [0.4, 0.5) is 5.00 Å². The average molecular weight is 427 g/mol. The number of thiophene rings is 1. The van der Waals surface area contributed by atoms with E-state index in [-0.39, 0.29) is 11.7 Å². The van der Waals surface area contributed by atoms with E-state index >= 15 is 0 Å². The molecule has 0 unspecified atom stereocenters. The molecule has 2 aliphatic heterocycles. The Morgan fingerprint density at radius 2 is 1.90 bits per heavy atom. The molecule has 0 aliphatic carbocycles. The SMILES string of the molecule is Nc1sc2ccccc2c1C(=O)N1CCC2(CC1)CC(=O)c1cccc(Cl)c1O2. The normalized spacial score (nSPS) is 18.0. The van der Waals surface area contributed by atoms with E-state index in [2.05, 4.69) is 0 Å². The molecule has 1 saturated heterocycles. The summed E-state index contributed by atoms with van der Waals surface area (Å²) in [6.07, 6.45) is 1.47. The average Bonchev–Trinajstić information content (AvgIpc) is 3.05. The number of rotatable bonds is 1. The molecule has 148 valence electrons. The van der Waals surface area contributed by atoms with Crippen LogP contribution in [0.2, 0.25) is 5.02 Å². The first-order valence-electron chi connectivity index (χ1n) is 9.54. The Morgan fingerprint density at radius 3 is 2.69 bits per heavy atom. The number of carbonyl (C=O) groups excluding carboxylic acids is 2. The number of nitrogen functional groups attached to an aromatic ring is 1. The quantitative estimate of drug-likeness (QED) is 0.607. The number of Topliss-reactive ketones (excluding diaryl/α,β-unsaturated/α-hetero) is 1. The van der Waals surface area contributed by atoms with E-state index in [0.717, 1.165) is 10.1 Å². The Balaban J connectivity index is 1.38. The van der Waals surface area contributed by atoms with Gasteiger partial charge in [-0.05, 0) is 18.2 Å². The topological polar surface area (TPSA) is 72.6 Å². The molecule has 1 spiro atoms. The summed E-state index contributed by atoms with van der Waals surface area (Å²) in [5.41, 5.74) is 6.69. The Hall–Kier alpha value is -2.57. The summed E-state index contributed by atoms with van der Waals surface area (Å²) in [7, 11) is 0. The van der Waals surface area contributed by atoms with Gasteiger partial charge in [-0.1, -0.05) is 35.9 Å². The molecular weight excluding hydrogens is 408 g/mol. The van der Waals surface area contributed by atoms with E-state index in [1.165, 1.54) is 11.3 Å². The monoisotopic (exact) mass is 426 g/mol. The molecule has 3 heterocycles. The highest BCUT2D eigenvalue weighted by Crippen LogP contribution is 2.43. The molecule has 1 fully saturated rings. The highest BCUT2D eigenvalue weighted by Gasteiger charge is 2.44. The van der Waals surface area contributed by atoms with Crippen molar-refractivity contribution in [2.75, 3.05) is 18.8 Å². The first-order chi connectivity index (χ1) is 14.0. The van der Waals surface area contributed by atoms with Gasteiger partial charge in [-0.3, -0.25) is 9.59 Å². The molecular formula is C22H19ClN2O3S. The van der Waals surface area contributed by atoms with Crippen LogP contribution in [0.3, 0.4) is 0 Å². The second-order valence-corrected chi connectivity index (χ2v) is 9.12. The highest BCUT2D eigenvalue weighted by molar-refractivity contribution is 7.23. The lowest BCUT2D eigenvalue weighted by molar-refractivity contribution is -0.00556. The number of fused-ring (bicyclic) bond motifs is 2. The zero-order valence-corrected chi connectivity index (χ0v) is 17.2. The summed E-state index contributed by atoms with van der Waals surface area (Å²) in [4.78, 5) is 27.7. The summed E-state index contributed by atoms with van der Waals surface area (Å²) in [6.45, 7) is 1.02. The van der Waals surface area contributed by atoms with Crippen molar-refractivity contribution in [3.05, 3.63) is 58.6 Å². The van der Waals surface area contributed by atoms with Crippen LogP contribution in [0.5, 0.6) is 5.75 Å². The first kappa shape index (κ1) is 18.5. The Bertz CT molecular complexity index is 1150. The molecule has 1 amide bonds. The maximum atomic E-state index is 13.2. The van der Waals surface area contributed by atoms with E-state index < -0.39 is 5.60 Å². The predicted octanol–water partition coefficient (Wildman–Crippen LogP) is 4.78. The van der Waals surface area contributed by atoms with Gasteiger partial charge in [0.1, 0.15) is 11.4 Å². The maximum absolute atomic E-state index is 13.2. The van der Waals surface area contributed by atoms with Crippen LogP contribution >= 0.6 is 22.9 Å². The van der Waals surface area contributed by atoms with Gasteiger partial charge in [0.2, 0.25) is 0 Å². The van der Waals surface area contributed by atoms with Gasteiger partial charge >= 0.3 is 0 Å². The molecule has 1 aromatic heterocycles. The van der Waals surface area contributed by atoms with Crippen LogP contribution in [0.25, 0.3) is 10.1 Å². The number of hydrogen-bond acceptors (Lipinski definition) is 5. The van der Waals surface area contributed by atoms with Crippen LogP contribution in [0.15, 0.2) is 42.5 Å². The molecule has 2 N–H and O–H groups in total. The third kappa shape index (κ3) is 2.98. The van der Waals surface area contributed by atoms with E-state index in [1.54, 1.807) is 18.2 Å². The number of nitrogens with two attached hydrogens (primary N) is 1. The number of para-hydroxylation sites is 1. The van der Waals surface area contributed by atoms with Crippen LogP contribution in [-0.2, 0) is 0 Å². The highest BCUT2D eigenvalue weighted by atomic mass is 35.5. The number of benzene rings is 2. The number of ether oxygens (including phenoxy) is 1. The lowest BCUT2D eigenvalue weighted by Gasteiger charge is -2.44. The van der Waals surface area contributed by atoms with E-state index in [4.69, 9.17) is 22.1 Å². The number of ketones is 1. The van der Waals surface area contributed by atoms with Gasteiger partial charge in [-0.2, -0.15) is 0 Å². The molecule has 0 radical (unpaired) electrons. The Kier molecular flexibility index (Phi) is 4.29. The minimum absolute atomic E-state index is 0.0431. The van der Waals surface area contributed by atoms with Crippen molar-refractivity contribution in [1.29, 1.82) is 0 Å². The van der Waals surface area contributed by atoms with E-state index in [9.17, 15) is 9.59 Å². The minimum atomic E-state index is -0.603. The number of amides is 1. The van der Waals surface area contributed by atoms with Crippen LogP contribution < -0.4 is 10.5 Å². The number of nitrogens with zero attached hydrogens (tertiary/aromatic N) is 1. The molecule has 5 rings (SSSR count). The van der Waals surface area contributed by atoms with E-state index in [1.807, 2.05) is 29.2 Å². The fraction of sp³-hybridized carbons (Fsp3) is 0.273. The van der Waals surface area contributed by atoms with Crippen LogP contribution in [-0.4, -0.2) is 35.3 Å². The lowest BCUT2D eigenvalue weighted by Crippen LogP contribution is -2.52. The Morgan fingerprint density at radius 1 is 1.14 bits per heavy atom. The number of anilines is 1. The second-order valence-electron chi connectivity index (χ2n) is 7.63. The summed E-state index contributed by atoms with van der Waals surface area (Å²) in [5, 5.41) is 1.89. The van der Waals surface area contributed by atoms with Gasteiger partial charge in [-0.25, -0.2) is 0 Å². The Labute approximate surface area is 177 Å². The molecule has 7 heteroatoms. The summed E-state index contributed by atoms with van der Waals surface area (Å²) >= 11 is 7.71. The van der Waals surface area contributed by atoms with Gasteiger partial charge in [-0.15, -0.1) is 11.3 Å². The summed E-state index contributed by atoms with van der Waals surface area (Å²) in [5.74, 6) is 0.454. The number of halogens is 1. The van der Waals surface area contributed by atoms with Crippen LogP contribution in [0, 0.1) is 0 Å². The molecule has 0 saturated carbocycles. The standard InChI is InChI=1S/C22H19ClN2O3S/c23-15-6-3-5-13-16(26)12-22(28-19(13)15)8-10-25(11-9-22)21(27)18-14-4-1-2-7-17(14)29-20(18)24/h1-7H,8-12,24H2.